The van der Waals surface area contributed by atoms with E-state index < -0.39 is 24.0 Å². The number of nitrogens with one attached hydrogen (secondary N) is 1. The molecular formula is C21H17Cl2N3O5. The lowest BCUT2D eigenvalue weighted by Crippen LogP contribution is -2.27. The molecule has 1 aromatic heterocycles. The minimum Gasteiger partial charge on any atom is -0.481 e. The molecule has 31 heavy (non-hydrogen) atoms. The molecule has 3 aromatic rings. The maximum atomic E-state index is 12.6. The van der Waals surface area contributed by atoms with Gasteiger partial charge in [-0.05, 0) is 31.2 Å². The van der Waals surface area contributed by atoms with E-state index in [9.17, 15) is 14.4 Å². The number of hydrogen-bond acceptors (Lipinski definition) is 6. The lowest BCUT2D eigenvalue weighted by atomic mass is 10.3. The molecule has 2 aromatic carbocycles. The average Bonchev–Trinajstić information content (AvgIpc) is 2.75. The summed E-state index contributed by atoms with van der Waals surface area (Å²) in [6.45, 7) is 1.21. The van der Waals surface area contributed by atoms with Crippen molar-refractivity contribution in [3.8, 4) is 11.4 Å². The van der Waals surface area contributed by atoms with E-state index in [1.54, 1.807) is 55.5 Å². The molecule has 0 fully saturated rings. The van der Waals surface area contributed by atoms with E-state index in [0.29, 0.717) is 10.7 Å². The van der Waals surface area contributed by atoms with Gasteiger partial charge in [0.2, 0.25) is 5.69 Å². The highest BCUT2D eigenvalue weighted by Gasteiger charge is 2.21. The van der Waals surface area contributed by atoms with Crippen molar-refractivity contribution in [2.24, 2.45) is 0 Å². The van der Waals surface area contributed by atoms with Crippen LogP contribution >= 0.6 is 23.2 Å². The van der Waals surface area contributed by atoms with Gasteiger partial charge in [0.15, 0.2) is 12.4 Å². The van der Waals surface area contributed by atoms with E-state index >= 15 is 0 Å². The standard InChI is InChI=1S/C21H17Cl2N3O5/c1-2-30-21(29)20-17(31-12-18(27)24-15-9-5-3-7-13(15)22)11-19(28)26(25-20)16-10-6-4-8-14(16)23/h3-11H,2,12H2,1H3,(H,24,27). The van der Waals surface area contributed by atoms with E-state index in [1.165, 1.54) is 0 Å². The van der Waals surface area contributed by atoms with E-state index in [1.807, 2.05) is 0 Å². The van der Waals surface area contributed by atoms with Gasteiger partial charge in [0.05, 0.1) is 34.1 Å². The predicted octanol–water partition coefficient (Wildman–Crippen LogP) is 3.73. The van der Waals surface area contributed by atoms with E-state index in [0.717, 1.165) is 10.7 Å². The first kappa shape index (κ1) is 22.3. The van der Waals surface area contributed by atoms with Crippen molar-refractivity contribution in [1.29, 1.82) is 0 Å². The zero-order chi connectivity index (χ0) is 22.4. The molecular weight excluding hydrogens is 445 g/mol. The zero-order valence-corrected chi connectivity index (χ0v) is 17.8. The molecule has 0 saturated carbocycles. The fourth-order valence-corrected chi connectivity index (χ4v) is 2.98. The molecule has 3 rings (SSSR count). The second-order valence-electron chi connectivity index (χ2n) is 6.10. The van der Waals surface area contributed by atoms with Crippen molar-refractivity contribution in [2.45, 2.75) is 6.92 Å². The molecule has 1 amide bonds. The van der Waals surface area contributed by atoms with Crippen LogP contribution in [0.2, 0.25) is 10.0 Å². The number of carbonyl (C=O) groups is 2. The number of halogens is 2. The fourth-order valence-electron chi connectivity index (χ4n) is 2.58. The number of amides is 1. The number of hydrogen-bond donors (Lipinski definition) is 1. The molecule has 0 unspecified atom stereocenters. The maximum Gasteiger partial charge on any atom is 0.362 e. The summed E-state index contributed by atoms with van der Waals surface area (Å²) in [7, 11) is 0. The monoisotopic (exact) mass is 461 g/mol. The Labute approximate surface area is 187 Å². The van der Waals surface area contributed by atoms with Gasteiger partial charge in [0, 0.05) is 0 Å². The predicted molar refractivity (Wildman–Crippen MR) is 116 cm³/mol. The van der Waals surface area contributed by atoms with Gasteiger partial charge >= 0.3 is 5.97 Å². The molecule has 0 atom stereocenters. The number of rotatable bonds is 7. The van der Waals surface area contributed by atoms with Gasteiger partial charge in [0.1, 0.15) is 0 Å². The Kier molecular flexibility index (Phi) is 7.28. The third kappa shape index (κ3) is 5.42. The molecule has 10 heteroatoms. The Morgan fingerprint density at radius 2 is 1.74 bits per heavy atom. The summed E-state index contributed by atoms with van der Waals surface area (Å²) in [6.07, 6.45) is 0. The normalized spacial score (nSPS) is 10.4. The van der Waals surface area contributed by atoms with Crippen molar-refractivity contribution in [3.05, 3.63) is 80.7 Å². The van der Waals surface area contributed by atoms with Crippen LogP contribution in [0, 0.1) is 0 Å². The van der Waals surface area contributed by atoms with Crippen molar-refractivity contribution in [2.75, 3.05) is 18.5 Å². The van der Waals surface area contributed by atoms with Crippen molar-refractivity contribution < 1.29 is 19.1 Å². The van der Waals surface area contributed by atoms with Crippen LogP contribution in [0.15, 0.2) is 59.4 Å². The third-order valence-corrected chi connectivity index (χ3v) is 4.60. The molecule has 1 heterocycles. The minimum atomic E-state index is -0.815. The lowest BCUT2D eigenvalue weighted by Gasteiger charge is -2.13. The second-order valence-corrected chi connectivity index (χ2v) is 6.91. The molecule has 8 nitrogen and oxygen atoms in total. The van der Waals surface area contributed by atoms with Gasteiger partial charge in [-0.2, -0.15) is 9.78 Å². The number of para-hydroxylation sites is 2. The Bertz CT molecular complexity index is 1180. The van der Waals surface area contributed by atoms with Gasteiger partial charge in [-0.3, -0.25) is 9.59 Å². The highest BCUT2D eigenvalue weighted by atomic mass is 35.5. The quantitative estimate of drug-likeness (QED) is 0.538. The lowest BCUT2D eigenvalue weighted by molar-refractivity contribution is -0.118. The van der Waals surface area contributed by atoms with Crippen molar-refractivity contribution >= 4 is 40.8 Å². The molecule has 0 aliphatic heterocycles. The van der Waals surface area contributed by atoms with Crippen LogP contribution in [0.1, 0.15) is 17.4 Å². The molecule has 0 spiro atoms. The molecule has 0 saturated heterocycles. The summed E-state index contributed by atoms with van der Waals surface area (Å²) in [5.41, 5.74) is -0.201. The van der Waals surface area contributed by atoms with Crippen LogP contribution in [-0.2, 0) is 9.53 Å². The van der Waals surface area contributed by atoms with Gasteiger partial charge in [-0.1, -0.05) is 47.5 Å². The van der Waals surface area contributed by atoms with E-state index in [4.69, 9.17) is 32.7 Å². The summed E-state index contributed by atoms with van der Waals surface area (Å²) in [4.78, 5) is 37.2. The smallest absolute Gasteiger partial charge is 0.362 e. The molecule has 0 radical (unpaired) electrons. The number of benzene rings is 2. The number of anilines is 1. The van der Waals surface area contributed by atoms with Gasteiger partial charge < -0.3 is 14.8 Å². The SMILES string of the molecule is CCOC(=O)c1nn(-c2ccccc2Cl)c(=O)cc1OCC(=O)Nc1ccccc1Cl. The first-order chi connectivity index (χ1) is 14.9. The summed E-state index contributed by atoms with van der Waals surface area (Å²) in [5.74, 6) is -1.55. The van der Waals surface area contributed by atoms with Crippen LogP contribution in [0.5, 0.6) is 5.75 Å². The Morgan fingerprint density at radius 1 is 1.06 bits per heavy atom. The maximum absolute atomic E-state index is 12.6. The van der Waals surface area contributed by atoms with Crippen molar-refractivity contribution in [3.63, 3.8) is 0 Å². The summed E-state index contributed by atoms with van der Waals surface area (Å²) in [5, 5.41) is 7.26. The van der Waals surface area contributed by atoms with Crippen LogP contribution in [-0.4, -0.2) is 34.9 Å². The second kappa shape index (κ2) is 10.1. The molecule has 0 aliphatic rings. The number of carbonyl (C=O) groups excluding carboxylic acids is 2. The fraction of sp³-hybridized carbons (Fsp3) is 0.143. The first-order valence-corrected chi connectivity index (χ1v) is 9.90. The van der Waals surface area contributed by atoms with Crippen LogP contribution in [0.4, 0.5) is 5.69 Å². The Hall–Kier alpha value is -3.36. The topological polar surface area (TPSA) is 99.5 Å². The van der Waals surface area contributed by atoms with Gasteiger partial charge in [0.25, 0.3) is 11.5 Å². The average molecular weight is 462 g/mol. The van der Waals surface area contributed by atoms with Gasteiger partial charge in [-0.15, -0.1) is 0 Å². The summed E-state index contributed by atoms with van der Waals surface area (Å²) < 4.78 is 11.4. The van der Waals surface area contributed by atoms with E-state index in [2.05, 4.69) is 10.4 Å². The van der Waals surface area contributed by atoms with Crippen LogP contribution < -0.4 is 15.6 Å². The Morgan fingerprint density at radius 3 is 2.42 bits per heavy atom. The number of nitrogens with zero attached hydrogens (tertiary/aromatic N) is 2. The molecule has 160 valence electrons. The minimum absolute atomic E-state index is 0.0815. The highest BCUT2D eigenvalue weighted by molar-refractivity contribution is 6.33. The summed E-state index contributed by atoms with van der Waals surface area (Å²) in [6, 6.07) is 14.2. The number of ether oxygens (including phenoxy) is 2. The molecule has 1 N–H and O–H groups in total. The first-order valence-electron chi connectivity index (χ1n) is 9.14. The largest absolute Gasteiger partial charge is 0.481 e. The van der Waals surface area contributed by atoms with E-state index in [-0.39, 0.29) is 28.8 Å². The Balaban J connectivity index is 1.88. The highest BCUT2D eigenvalue weighted by Crippen LogP contribution is 2.22. The van der Waals surface area contributed by atoms with Crippen molar-refractivity contribution in [1.82, 2.24) is 9.78 Å². The molecule has 0 aliphatic carbocycles. The summed E-state index contributed by atoms with van der Waals surface area (Å²) >= 11 is 12.2. The van der Waals surface area contributed by atoms with Gasteiger partial charge in [-0.25, -0.2) is 4.79 Å². The van der Waals surface area contributed by atoms with Crippen LogP contribution in [0.25, 0.3) is 5.69 Å². The van der Waals surface area contributed by atoms with Crippen LogP contribution in [0.3, 0.4) is 0 Å². The molecule has 0 bridgehead atoms. The zero-order valence-electron chi connectivity index (χ0n) is 16.3. The third-order valence-electron chi connectivity index (χ3n) is 3.95. The number of esters is 1. The number of aromatic nitrogens is 2.